The zero-order valence-electron chi connectivity index (χ0n) is 14.2. The van der Waals surface area contributed by atoms with E-state index >= 15 is 0 Å². The second-order valence-corrected chi connectivity index (χ2v) is 7.15. The van der Waals surface area contributed by atoms with Crippen molar-refractivity contribution in [1.29, 1.82) is 0 Å². The summed E-state index contributed by atoms with van der Waals surface area (Å²) in [5, 5.41) is 3.17. The van der Waals surface area contributed by atoms with E-state index in [0.717, 1.165) is 44.7 Å². The van der Waals surface area contributed by atoms with Crippen LogP contribution in [0.1, 0.15) is 49.0 Å². The minimum atomic E-state index is -0.403. The molecule has 2 bridgehead atoms. The molecule has 1 amide bonds. The average molecular weight is 357 g/mol. The van der Waals surface area contributed by atoms with Gasteiger partial charge in [0.2, 0.25) is 5.88 Å². The molecule has 0 unspecified atom stereocenters. The van der Waals surface area contributed by atoms with Crippen molar-refractivity contribution in [2.75, 3.05) is 0 Å². The number of nitrogens with one attached hydrogen (secondary N) is 2. The third-order valence-corrected chi connectivity index (χ3v) is 5.32. The highest BCUT2D eigenvalue weighted by Gasteiger charge is 2.52. The van der Waals surface area contributed by atoms with Crippen molar-refractivity contribution < 1.29 is 14.0 Å². The summed E-state index contributed by atoms with van der Waals surface area (Å²) in [6.45, 7) is 0. The Morgan fingerprint density at radius 1 is 1.08 bits per heavy atom. The Morgan fingerprint density at radius 3 is 2.69 bits per heavy atom. The number of hydrogen-bond donors (Lipinski definition) is 2. The highest BCUT2D eigenvalue weighted by Crippen LogP contribution is 2.48. The fourth-order valence-electron chi connectivity index (χ4n) is 4.11. The van der Waals surface area contributed by atoms with E-state index in [1.807, 2.05) is 0 Å². The molecule has 2 aromatic rings. The van der Waals surface area contributed by atoms with Crippen molar-refractivity contribution in [2.45, 2.75) is 49.6 Å². The quantitative estimate of drug-likeness (QED) is 0.797. The van der Waals surface area contributed by atoms with Crippen LogP contribution in [0.4, 0.5) is 4.39 Å². The van der Waals surface area contributed by atoms with Gasteiger partial charge in [-0.25, -0.2) is 14.4 Å². The first-order valence-electron chi connectivity index (χ1n) is 8.72. The minimum Gasteiger partial charge on any atom is -0.388 e. The summed E-state index contributed by atoms with van der Waals surface area (Å²) in [5.41, 5.74) is 2.98. The van der Waals surface area contributed by atoms with Gasteiger partial charge in [0.25, 0.3) is 5.91 Å². The molecule has 2 N–H and O–H groups in total. The zero-order valence-corrected chi connectivity index (χ0v) is 14.2. The van der Waals surface area contributed by atoms with Crippen LogP contribution in [0.25, 0.3) is 0 Å². The lowest BCUT2D eigenvalue weighted by molar-refractivity contribution is 0.0541. The molecule has 2 saturated carbocycles. The molecule has 7 nitrogen and oxygen atoms in total. The molecule has 8 heteroatoms. The van der Waals surface area contributed by atoms with E-state index in [-0.39, 0.29) is 17.0 Å². The van der Waals surface area contributed by atoms with Gasteiger partial charge >= 0.3 is 0 Å². The topological polar surface area (TPSA) is 89.0 Å². The van der Waals surface area contributed by atoms with Gasteiger partial charge in [0.05, 0.1) is 17.9 Å². The summed E-state index contributed by atoms with van der Waals surface area (Å²) in [4.78, 5) is 30.0. The molecule has 0 saturated heterocycles. The molecule has 2 fully saturated rings. The Labute approximate surface area is 150 Å². The van der Waals surface area contributed by atoms with Crippen LogP contribution >= 0.6 is 0 Å². The third kappa shape index (κ3) is 3.37. The predicted octanol–water partition coefficient (Wildman–Crippen LogP) is 2.17. The normalized spacial score (nSPS) is 27.1. The van der Waals surface area contributed by atoms with Crippen LogP contribution in [0.3, 0.4) is 0 Å². The summed E-state index contributed by atoms with van der Waals surface area (Å²) in [7, 11) is 0. The van der Waals surface area contributed by atoms with Crippen LogP contribution in [-0.2, 0) is 0 Å². The average Bonchev–Trinajstić information content (AvgIpc) is 2.92. The summed E-state index contributed by atoms with van der Waals surface area (Å²) >= 11 is 0. The van der Waals surface area contributed by atoms with Crippen LogP contribution in [0, 0.1) is 5.82 Å². The molecule has 2 aliphatic rings. The van der Waals surface area contributed by atoms with Crippen molar-refractivity contribution in [3.05, 3.63) is 48.4 Å². The van der Waals surface area contributed by atoms with Gasteiger partial charge in [-0.1, -0.05) is 0 Å². The van der Waals surface area contributed by atoms with Crippen LogP contribution in [-0.4, -0.2) is 31.9 Å². The third-order valence-electron chi connectivity index (χ3n) is 5.32. The number of amides is 1. The van der Waals surface area contributed by atoms with Gasteiger partial charge < -0.3 is 10.2 Å². The maximum Gasteiger partial charge on any atom is 0.271 e. The second kappa shape index (κ2) is 6.60. The SMILES string of the molecule is O=C(N[C@@]12CCC[C@@](NOc3ccc(F)cn3)(CC1)C2)c1cnccn1. The lowest BCUT2D eigenvalue weighted by Gasteiger charge is -2.39. The number of hydrogen-bond acceptors (Lipinski definition) is 6. The number of fused-ring (bicyclic) bond motifs is 2. The molecule has 0 spiro atoms. The standard InChI is InChI=1S/C18H20FN5O2/c19-13-2-3-15(22-10-13)26-24-18-5-1-4-17(12-18,6-7-18)23-16(25)14-11-20-8-9-21-14/h2-3,8-11,24H,1,4-7,12H2,(H,23,25)/t17-,18+/m0/s1. The molecule has 2 aliphatic carbocycles. The van der Waals surface area contributed by atoms with Crippen molar-refractivity contribution >= 4 is 5.91 Å². The van der Waals surface area contributed by atoms with Gasteiger partial charge in [0.15, 0.2) is 0 Å². The zero-order chi connectivity index (χ0) is 18.0. The van der Waals surface area contributed by atoms with Crippen LogP contribution < -0.4 is 15.6 Å². The number of nitrogens with zero attached hydrogens (tertiary/aromatic N) is 3. The van der Waals surface area contributed by atoms with Gasteiger partial charge in [-0.3, -0.25) is 9.78 Å². The van der Waals surface area contributed by atoms with Crippen LogP contribution in [0.5, 0.6) is 5.88 Å². The molecule has 136 valence electrons. The van der Waals surface area contributed by atoms with E-state index in [0.29, 0.717) is 11.6 Å². The molecule has 26 heavy (non-hydrogen) atoms. The first-order valence-corrected chi connectivity index (χ1v) is 8.72. The lowest BCUT2D eigenvalue weighted by atomic mass is 9.79. The first kappa shape index (κ1) is 16.8. The highest BCUT2D eigenvalue weighted by molar-refractivity contribution is 5.92. The molecule has 0 aromatic carbocycles. The van der Waals surface area contributed by atoms with Crippen LogP contribution in [0.2, 0.25) is 0 Å². The minimum absolute atomic E-state index is 0.197. The Hall–Kier alpha value is -2.61. The van der Waals surface area contributed by atoms with E-state index in [9.17, 15) is 9.18 Å². The van der Waals surface area contributed by atoms with Gasteiger partial charge in [0.1, 0.15) is 11.5 Å². The lowest BCUT2D eigenvalue weighted by Crippen LogP contribution is -2.54. The largest absolute Gasteiger partial charge is 0.388 e. The molecule has 2 heterocycles. The number of carbonyl (C=O) groups is 1. The van der Waals surface area contributed by atoms with E-state index in [1.165, 1.54) is 24.5 Å². The van der Waals surface area contributed by atoms with Gasteiger partial charge in [0, 0.05) is 24.0 Å². The maximum atomic E-state index is 13.0. The molecule has 2 aromatic heterocycles. The number of carbonyl (C=O) groups excluding carboxylic acids is 1. The second-order valence-electron chi connectivity index (χ2n) is 7.15. The van der Waals surface area contributed by atoms with Gasteiger partial charge in [-0.15, -0.1) is 5.48 Å². The van der Waals surface area contributed by atoms with E-state index in [4.69, 9.17) is 4.84 Å². The first-order chi connectivity index (χ1) is 12.6. The summed E-state index contributed by atoms with van der Waals surface area (Å²) in [6.07, 6.45) is 11.0. The highest BCUT2D eigenvalue weighted by atomic mass is 19.1. The van der Waals surface area contributed by atoms with Crippen molar-refractivity contribution in [3.8, 4) is 5.88 Å². The van der Waals surface area contributed by atoms with Crippen molar-refractivity contribution in [3.63, 3.8) is 0 Å². The van der Waals surface area contributed by atoms with Gasteiger partial charge in [-0.05, 0) is 44.6 Å². The smallest absolute Gasteiger partial charge is 0.271 e. The molecular formula is C18H20FN5O2. The molecular weight excluding hydrogens is 337 g/mol. The number of aromatic nitrogens is 3. The van der Waals surface area contributed by atoms with E-state index in [2.05, 4.69) is 25.7 Å². The van der Waals surface area contributed by atoms with Crippen LogP contribution in [0.15, 0.2) is 36.9 Å². The van der Waals surface area contributed by atoms with Crippen molar-refractivity contribution in [1.82, 2.24) is 25.7 Å². The molecule has 0 aliphatic heterocycles. The fraction of sp³-hybridized carbons (Fsp3) is 0.444. The Kier molecular flexibility index (Phi) is 4.28. The van der Waals surface area contributed by atoms with E-state index < -0.39 is 5.82 Å². The number of hydroxylamine groups is 1. The molecule has 4 rings (SSSR count). The molecule has 2 atom stereocenters. The van der Waals surface area contributed by atoms with E-state index in [1.54, 1.807) is 6.20 Å². The monoisotopic (exact) mass is 357 g/mol. The number of rotatable bonds is 5. The Balaban J connectivity index is 1.42. The summed E-state index contributed by atoms with van der Waals surface area (Å²) < 4.78 is 13.0. The maximum absolute atomic E-state index is 13.0. The fourth-order valence-corrected chi connectivity index (χ4v) is 4.11. The number of halogens is 1. The number of pyridine rings is 1. The molecule has 0 radical (unpaired) electrons. The summed E-state index contributed by atoms with van der Waals surface area (Å²) in [6, 6.07) is 2.79. The Bertz CT molecular complexity index is 788. The Morgan fingerprint density at radius 2 is 1.92 bits per heavy atom. The van der Waals surface area contributed by atoms with Crippen molar-refractivity contribution in [2.24, 2.45) is 0 Å². The van der Waals surface area contributed by atoms with Gasteiger partial charge in [-0.2, -0.15) is 0 Å². The predicted molar refractivity (Wildman–Crippen MR) is 90.6 cm³/mol. The summed E-state index contributed by atoms with van der Waals surface area (Å²) in [5.74, 6) is -0.274.